The molecule has 0 N–H and O–H groups in total. The van der Waals surface area contributed by atoms with Gasteiger partial charge in [-0.3, -0.25) is 0 Å². The minimum atomic E-state index is 0.578. The summed E-state index contributed by atoms with van der Waals surface area (Å²) in [5.74, 6) is 0.578. The second-order valence-corrected chi connectivity index (χ2v) is 5.43. The molecule has 0 aliphatic carbocycles. The molecule has 0 fully saturated rings. The molecule has 1 heterocycles. The van der Waals surface area contributed by atoms with E-state index in [0.29, 0.717) is 5.88 Å². The molecule has 3 rings (SSSR count). The van der Waals surface area contributed by atoms with Crippen molar-refractivity contribution in [2.75, 3.05) is 5.88 Å². The number of aryl methyl sites for hydroxylation is 1. The van der Waals surface area contributed by atoms with E-state index in [1.165, 1.54) is 32.9 Å². The highest BCUT2D eigenvalue weighted by atomic mass is 35.5. The molecule has 3 aromatic rings. The Balaban J connectivity index is 2.31. The summed E-state index contributed by atoms with van der Waals surface area (Å²) in [6, 6.07) is 15.2. The Hall–Kier alpha value is -1.73. The normalized spacial score (nSPS) is 12.4. The van der Waals surface area contributed by atoms with Crippen LogP contribution in [0, 0.1) is 0 Å². The summed E-state index contributed by atoms with van der Waals surface area (Å²) >= 11 is 5.87. The first-order valence-electron chi connectivity index (χ1n) is 6.98. The quantitative estimate of drug-likeness (QED) is 0.563. The SMILES string of the molecule is CCn1c2ccccc2c2cc(C=C(C)CCl)ccc21. The van der Waals surface area contributed by atoms with Gasteiger partial charge in [-0.2, -0.15) is 0 Å². The lowest BCUT2D eigenvalue weighted by atomic mass is 10.1. The van der Waals surface area contributed by atoms with Crippen LogP contribution in [-0.4, -0.2) is 10.4 Å². The summed E-state index contributed by atoms with van der Waals surface area (Å²) in [5.41, 5.74) is 5.01. The van der Waals surface area contributed by atoms with E-state index < -0.39 is 0 Å². The largest absolute Gasteiger partial charge is 0.341 e. The lowest BCUT2D eigenvalue weighted by Gasteiger charge is -2.03. The average molecular weight is 284 g/mol. The first-order valence-corrected chi connectivity index (χ1v) is 7.52. The monoisotopic (exact) mass is 283 g/mol. The third-order valence-electron chi connectivity index (χ3n) is 3.74. The highest BCUT2D eigenvalue weighted by Gasteiger charge is 2.08. The van der Waals surface area contributed by atoms with Gasteiger partial charge in [-0.05, 0) is 37.6 Å². The molecule has 1 aromatic heterocycles. The molecule has 0 amide bonds. The number of alkyl halides is 1. The van der Waals surface area contributed by atoms with Crippen molar-refractivity contribution in [2.24, 2.45) is 0 Å². The fourth-order valence-corrected chi connectivity index (χ4v) is 2.90. The van der Waals surface area contributed by atoms with E-state index in [1.54, 1.807) is 0 Å². The molecular weight excluding hydrogens is 266 g/mol. The van der Waals surface area contributed by atoms with Crippen molar-refractivity contribution in [3.05, 3.63) is 53.6 Å². The van der Waals surface area contributed by atoms with Gasteiger partial charge in [0.1, 0.15) is 0 Å². The Bertz CT molecular complexity index is 796. The molecule has 1 nitrogen and oxygen atoms in total. The van der Waals surface area contributed by atoms with Gasteiger partial charge in [0.05, 0.1) is 0 Å². The van der Waals surface area contributed by atoms with E-state index in [4.69, 9.17) is 11.6 Å². The fraction of sp³-hybridized carbons (Fsp3) is 0.222. The van der Waals surface area contributed by atoms with Gasteiger partial charge in [0.25, 0.3) is 0 Å². The van der Waals surface area contributed by atoms with E-state index in [1.807, 2.05) is 0 Å². The lowest BCUT2D eigenvalue weighted by Crippen LogP contribution is -1.92. The minimum Gasteiger partial charge on any atom is -0.341 e. The summed E-state index contributed by atoms with van der Waals surface area (Å²) in [4.78, 5) is 0. The van der Waals surface area contributed by atoms with Crippen LogP contribution in [0.5, 0.6) is 0 Å². The van der Waals surface area contributed by atoms with Crippen LogP contribution in [0.2, 0.25) is 0 Å². The van der Waals surface area contributed by atoms with Crippen LogP contribution < -0.4 is 0 Å². The van der Waals surface area contributed by atoms with E-state index in [0.717, 1.165) is 6.54 Å². The molecule has 0 aliphatic heterocycles. The predicted molar refractivity (Wildman–Crippen MR) is 89.5 cm³/mol. The molecule has 2 aromatic carbocycles. The number of aromatic nitrogens is 1. The first kappa shape index (κ1) is 13.3. The number of allylic oxidation sites excluding steroid dienone is 1. The van der Waals surface area contributed by atoms with Crippen molar-refractivity contribution in [2.45, 2.75) is 20.4 Å². The van der Waals surface area contributed by atoms with Gasteiger partial charge in [0, 0.05) is 34.2 Å². The number of para-hydroxylation sites is 1. The predicted octanol–water partition coefficient (Wildman–Crippen LogP) is 5.46. The summed E-state index contributed by atoms with van der Waals surface area (Å²) in [5, 5.41) is 2.64. The highest BCUT2D eigenvalue weighted by Crippen LogP contribution is 2.30. The summed E-state index contributed by atoms with van der Waals surface area (Å²) in [6.07, 6.45) is 2.16. The van der Waals surface area contributed by atoms with Crippen LogP contribution in [-0.2, 0) is 6.54 Å². The van der Waals surface area contributed by atoms with Crippen molar-refractivity contribution >= 4 is 39.5 Å². The van der Waals surface area contributed by atoms with E-state index in [-0.39, 0.29) is 0 Å². The van der Waals surface area contributed by atoms with Gasteiger partial charge in [0.15, 0.2) is 0 Å². The van der Waals surface area contributed by atoms with Crippen molar-refractivity contribution in [1.29, 1.82) is 0 Å². The van der Waals surface area contributed by atoms with Gasteiger partial charge in [-0.1, -0.05) is 35.9 Å². The number of hydrogen-bond donors (Lipinski definition) is 0. The minimum absolute atomic E-state index is 0.578. The maximum atomic E-state index is 5.87. The zero-order valence-corrected chi connectivity index (χ0v) is 12.6. The second-order valence-electron chi connectivity index (χ2n) is 5.16. The lowest BCUT2D eigenvalue weighted by molar-refractivity contribution is 0.827. The Morgan fingerprint density at radius 1 is 1.10 bits per heavy atom. The van der Waals surface area contributed by atoms with Crippen molar-refractivity contribution in [3.8, 4) is 0 Å². The van der Waals surface area contributed by atoms with Crippen LogP contribution in [0.3, 0.4) is 0 Å². The Labute approximate surface area is 124 Å². The Kier molecular flexibility index (Phi) is 3.54. The van der Waals surface area contributed by atoms with E-state index in [2.05, 4.69) is 67.0 Å². The number of benzene rings is 2. The van der Waals surface area contributed by atoms with Crippen LogP contribution in [0.1, 0.15) is 19.4 Å². The highest BCUT2D eigenvalue weighted by molar-refractivity contribution is 6.19. The molecule has 0 saturated heterocycles. The van der Waals surface area contributed by atoms with Gasteiger partial charge in [0.2, 0.25) is 0 Å². The molecule has 0 radical (unpaired) electrons. The smallest absolute Gasteiger partial charge is 0.0491 e. The molecule has 0 atom stereocenters. The van der Waals surface area contributed by atoms with Gasteiger partial charge in [-0.25, -0.2) is 0 Å². The Morgan fingerprint density at radius 2 is 1.85 bits per heavy atom. The van der Waals surface area contributed by atoms with Crippen LogP contribution in [0.4, 0.5) is 0 Å². The second kappa shape index (κ2) is 5.34. The molecule has 102 valence electrons. The maximum Gasteiger partial charge on any atom is 0.0491 e. The zero-order chi connectivity index (χ0) is 14.1. The summed E-state index contributed by atoms with van der Waals surface area (Å²) in [6.45, 7) is 5.24. The molecular formula is C18H18ClN. The van der Waals surface area contributed by atoms with E-state index >= 15 is 0 Å². The molecule has 0 spiro atoms. The molecule has 0 unspecified atom stereocenters. The Morgan fingerprint density at radius 3 is 2.60 bits per heavy atom. The fourth-order valence-electron chi connectivity index (χ4n) is 2.82. The average Bonchev–Trinajstić information content (AvgIpc) is 2.80. The van der Waals surface area contributed by atoms with Gasteiger partial charge < -0.3 is 4.57 Å². The standard InChI is InChI=1S/C18H18ClN/c1-3-20-17-7-5-4-6-15(17)16-11-14(8-9-18(16)20)10-13(2)12-19/h4-11H,3,12H2,1-2H3. The van der Waals surface area contributed by atoms with Crippen molar-refractivity contribution in [3.63, 3.8) is 0 Å². The molecule has 2 heteroatoms. The number of halogens is 1. The third-order valence-corrected chi connectivity index (χ3v) is 4.16. The third kappa shape index (κ3) is 2.12. The molecule has 0 aliphatic rings. The van der Waals surface area contributed by atoms with Crippen molar-refractivity contribution < 1.29 is 0 Å². The van der Waals surface area contributed by atoms with Gasteiger partial charge in [-0.15, -0.1) is 11.6 Å². The van der Waals surface area contributed by atoms with Crippen LogP contribution >= 0.6 is 11.6 Å². The topological polar surface area (TPSA) is 4.93 Å². The number of rotatable bonds is 3. The van der Waals surface area contributed by atoms with Crippen LogP contribution in [0.15, 0.2) is 48.0 Å². The summed E-state index contributed by atoms with van der Waals surface area (Å²) in [7, 11) is 0. The molecule has 0 saturated carbocycles. The van der Waals surface area contributed by atoms with E-state index in [9.17, 15) is 0 Å². The van der Waals surface area contributed by atoms with Crippen molar-refractivity contribution in [1.82, 2.24) is 4.57 Å². The number of nitrogens with zero attached hydrogens (tertiary/aromatic N) is 1. The maximum absolute atomic E-state index is 5.87. The molecule has 20 heavy (non-hydrogen) atoms. The summed E-state index contributed by atoms with van der Waals surface area (Å²) < 4.78 is 2.37. The molecule has 0 bridgehead atoms. The number of fused-ring (bicyclic) bond motifs is 3. The van der Waals surface area contributed by atoms with Crippen LogP contribution in [0.25, 0.3) is 27.9 Å². The number of hydrogen-bond acceptors (Lipinski definition) is 0. The first-order chi connectivity index (χ1) is 9.74. The van der Waals surface area contributed by atoms with Gasteiger partial charge >= 0.3 is 0 Å². The zero-order valence-electron chi connectivity index (χ0n) is 11.9.